The monoisotopic (exact) mass is 344 g/mol. The van der Waals surface area contributed by atoms with Crippen molar-refractivity contribution in [2.75, 3.05) is 39.0 Å². The molecule has 1 unspecified atom stereocenters. The van der Waals surface area contributed by atoms with Crippen LogP contribution in [-0.2, 0) is 14.8 Å². The first-order valence-corrected chi connectivity index (χ1v) is 11.0. The van der Waals surface area contributed by atoms with Crippen LogP contribution in [0.15, 0.2) is 0 Å². The number of hydrogen-bond donors (Lipinski definition) is 0. The molecule has 2 fully saturated rings. The number of sulfonamides is 1. The number of hydrogen-bond acceptors (Lipinski definition) is 4. The Labute approximate surface area is 141 Å². The molecule has 2 atom stereocenters. The lowest BCUT2D eigenvalue weighted by molar-refractivity contribution is -0.123. The fourth-order valence-corrected chi connectivity index (χ4v) is 4.63. The van der Waals surface area contributed by atoms with Crippen LogP contribution in [0.1, 0.15) is 51.9 Å². The van der Waals surface area contributed by atoms with Crippen LogP contribution in [0.2, 0.25) is 0 Å². The van der Waals surface area contributed by atoms with Gasteiger partial charge in [0.25, 0.3) is 0 Å². The highest BCUT2D eigenvalue weighted by Gasteiger charge is 2.39. The van der Waals surface area contributed by atoms with Gasteiger partial charge in [-0.3, -0.25) is 4.79 Å². The number of unbranched alkanes of at least 4 members (excludes halogenated alkanes) is 2. The summed E-state index contributed by atoms with van der Waals surface area (Å²) in [6.45, 7) is 6.66. The largest absolute Gasteiger partial charge is 0.303 e. The molecule has 2 saturated heterocycles. The summed E-state index contributed by atoms with van der Waals surface area (Å²) < 4.78 is 25.0. The molecule has 0 aromatic rings. The first kappa shape index (κ1) is 18.9. The van der Waals surface area contributed by atoms with E-state index >= 15 is 0 Å². The van der Waals surface area contributed by atoms with Crippen molar-refractivity contribution in [1.82, 2.24) is 9.21 Å². The van der Waals surface area contributed by atoms with E-state index in [1.807, 2.05) is 0 Å². The van der Waals surface area contributed by atoms with Crippen LogP contribution in [-0.4, -0.2) is 62.4 Å². The molecule has 2 aliphatic rings. The zero-order chi connectivity index (χ0) is 16.9. The number of carbonyl (C=O) groups is 1. The van der Waals surface area contributed by atoms with Crippen molar-refractivity contribution in [1.29, 1.82) is 0 Å². The minimum Gasteiger partial charge on any atom is -0.303 e. The highest BCUT2D eigenvalue weighted by molar-refractivity contribution is 7.88. The molecule has 0 amide bonds. The van der Waals surface area contributed by atoms with Crippen molar-refractivity contribution < 1.29 is 13.2 Å². The van der Waals surface area contributed by atoms with Gasteiger partial charge in [-0.1, -0.05) is 19.8 Å². The van der Waals surface area contributed by atoms with E-state index in [0.29, 0.717) is 19.5 Å². The van der Waals surface area contributed by atoms with Gasteiger partial charge in [0.1, 0.15) is 5.78 Å². The minimum absolute atomic E-state index is 0.0833. The SMILES string of the molecule is CCC[C@H]1CN(S(C)(=O)=O)CC1C(=O)CCCCCN1CCC1. The Balaban J connectivity index is 1.74. The molecule has 2 aliphatic heterocycles. The van der Waals surface area contributed by atoms with E-state index < -0.39 is 10.0 Å². The summed E-state index contributed by atoms with van der Waals surface area (Å²) in [5.41, 5.74) is 0. The Bertz CT molecular complexity index is 488. The maximum atomic E-state index is 12.5. The highest BCUT2D eigenvalue weighted by atomic mass is 32.2. The van der Waals surface area contributed by atoms with E-state index in [1.165, 1.54) is 36.5 Å². The van der Waals surface area contributed by atoms with Gasteiger partial charge in [0, 0.05) is 25.4 Å². The second kappa shape index (κ2) is 8.58. The molecule has 23 heavy (non-hydrogen) atoms. The number of Topliss-reactive ketones (excluding diaryl/α,β-unsaturated/α-hetero) is 1. The van der Waals surface area contributed by atoms with Crippen LogP contribution in [0, 0.1) is 11.8 Å². The van der Waals surface area contributed by atoms with Crippen molar-refractivity contribution in [2.24, 2.45) is 11.8 Å². The summed E-state index contributed by atoms with van der Waals surface area (Å²) in [4.78, 5) is 15.0. The van der Waals surface area contributed by atoms with Crippen molar-refractivity contribution in [3.8, 4) is 0 Å². The van der Waals surface area contributed by atoms with E-state index in [4.69, 9.17) is 0 Å². The summed E-state index contributed by atoms with van der Waals surface area (Å²) in [5.74, 6) is 0.405. The molecular formula is C17H32N2O3S. The van der Waals surface area contributed by atoms with Gasteiger partial charge in [0.15, 0.2) is 0 Å². The van der Waals surface area contributed by atoms with Gasteiger partial charge in [-0.25, -0.2) is 12.7 Å². The molecule has 0 spiro atoms. The Morgan fingerprint density at radius 3 is 2.43 bits per heavy atom. The second-order valence-corrected chi connectivity index (χ2v) is 9.19. The lowest BCUT2D eigenvalue weighted by Crippen LogP contribution is -2.37. The van der Waals surface area contributed by atoms with E-state index in [0.717, 1.165) is 32.2 Å². The van der Waals surface area contributed by atoms with Gasteiger partial charge < -0.3 is 4.90 Å². The first-order chi connectivity index (χ1) is 10.9. The van der Waals surface area contributed by atoms with Crippen molar-refractivity contribution in [3.63, 3.8) is 0 Å². The highest BCUT2D eigenvalue weighted by Crippen LogP contribution is 2.30. The molecule has 5 nitrogen and oxygen atoms in total. The van der Waals surface area contributed by atoms with Crippen molar-refractivity contribution >= 4 is 15.8 Å². The summed E-state index contributed by atoms with van der Waals surface area (Å²) in [6, 6.07) is 0. The Hall–Kier alpha value is -0.460. The maximum absolute atomic E-state index is 12.5. The lowest BCUT2D eigenvalue weighted by Gasteiger charge is -2.30. The van der Waals surface area contributed by atoms with Gasteiger partial charge >= 0.3 is 0 Å². The standard InChI is InChI=1S/C17H32N2O3S/c1-3-8-15-13-19(23(2,21)22)14-16(15)17(20)9-5-4-6-10-18-11-7-12-18/h15-16H,3-14H2,1-2H3/t15-,16?/m0/s1. The van der Waals surface area contributed by atoms with Gasteiger partial charge in [0.2, 0.25) is 10.0 Å². The maximum Gasteiger partial charge on any atom is 0.211 e. The van der Waals surface area contributed by atoms with E-state index in [2.05, 4.69) is 11.8 Å². The lowest BCUT2D eigenvalue weighted by atomic mass is 9.86. The second-order valence-electron chi connectivity index (χ2n) is 7.21. The fourth-order valence-electron chi connectivity index (χ4n) is 3.73. The van der Waals surface area contributed by atoms with Crippen molar-refractivity contribution in [3.05, 3.63) is 0 Å². The Morgan fingerprint density at radius 2 is 1.87 bits per heavy atom. The van der Waals surface area contributed by atoms with Crippen molar-refractivity contribution in [2.45, 2.75) is 51.9 Å². The third-order valence-electron chi connectivity index (χ3n) is 5.30. The molecule has 134 valence electrons. The molecule has 0 N–H and O–H groups in total. The van der Waals surface area contributed by atoms with Crippen LogP contribution in [0.5, 0.6) is 0 Å². The Morgan fingerprint density at radius 1 is 1.13 bits per heavy atom. The van der Waals surface area contributed by atoms with Crippen LogP contribution in [0.4, 0.5) is 0 Å². The molecule has 2 heterocycles. The smallest absolute Gasteiger partial charge is 0.211 e. The molecule has 0 aromatic carbocycles. The van der Waals surface area contributed by atoms with Crippen LogP contribution in [0.3, 0.4) is 0 Å². The fraction of sp³-hybridized carbons (Fsp3) is 0.941. The molecule has 0 radical (unpaired) electrons. The normalized spacial score (nSPS) is 26.3. The molecule has 0 aromatic heterocycles. The van der Waals surface area contributed by atoms with Crippen LogP contribution < -0.4 is 0 Å². The molecule has 0 aliphatic carbocycles. The van der Waals surface area contributed by atoms with E-state index in [-0.39, 0.29) is 17.6 Å². The average molecular weight is 345 g/mol. The number of likely N-dealkylation sites (tertiary alicyclic amines) is 1. The van der Waals surface area contributed by atoms with Gasteiger partial charge in [-0.05, 0) is 51.2 Å². The zero-order valence-electron chi connectivity index (χ0n) is 14.7. The Kier molecular flexibility index (Phi) is 7.04. The van der Waals surface area contributed by atoms with Crippen LogP contribution >= 0.6 is 0 Å². The average Bonchev–Trinajstić information content (AvgIpc) is 2.85. The summed E-state index contributed by atoms with van der Waals surface area (Å²) in [7, 11) is -3.18. The van der Waals surface area contributed by atoms with E-state index in [9.17, 15) is 13.2 Å². The third-order valence-corrected chi connectivity index (χ3v) is 6.53. The molecule has 0 saturated carbocycles. The quantitative estimate of drug-likeness (QED) is 0.570. The molecule has 0 bridgehead atoms. The van der Waals surface area contributed by atoms with E-state index in [1.54, 1.807) is 0 Å². The van der Waals surface area contributed by atoms with Crippen LogP contribution in [0.25, 0.3) is 0 Å². The zero-order valence-corrected chi connectivity index (χ0v) is 15.5. The first-order valence-electron chi connectivity index (χ1n) is 9.12. The predicted octanol–water partition coefficient (Wildman–Crippen LogP) is 2.13. The summed E-state index contributed by atoms with van der Waals surface area (Å²) >= 11 is 0. The number of carbonyl (C=O) groups excluding carboxylic acids is 1. The summed E-state index contributed by atoms with van der Waals surface area (Å²) in [5, 5.41) is 0. The van der Waals surface area contributed by atoms with Gasteiger partial charge in [-0.2, -0.15) is 0 Å². The number of nitrogens with zero attached hydrogens (tertiary/aromatic N) is 2. The minimum atomic E-state index is -3.18. The third kappa shape index (κ3) is 5.54. The topological polar surface area (TPSA) is 57.7 Å². The number of rotatable bonds is 10. The molecule has 2 rings (SSSR count). The van der Waals surface area contributed by atoms with Gasteiger partial charge in [0.05, 0.1) is 6.26 Å². The number of ketones is 1. The molecule has 6 heteroatoms. The summed E-state index contributed by atoms with van der Waals surface area (Å²) in [6.07, 6.45) is 8.35. The molecular weight excluding hydrogens is 312 g/mol. The van der Waals surface area contributed by atoms with Gasteiger partial charge in [-0.15, -0.1) is 0 Å². The predicted molar refractivity (Wildman–Crippen MR) is 92.8 cm³/mol.